The molecule has 1 aromatic carbocycles. The summed E-state index contributed by atoms with van der Waals surface area (Å²) in [4.78, 5) is 26.8. The lowest BCUT2D eigenvalue weighted by molar-refractivity contribution is -0.137. The second-order valence-electron chi connectivity index (χ2n) is 5.68. The summed E-state index contributed by atoms with van der Waals surface area (Å²) >= 11 is 0. The van der Waals surface area contributed by atoms with Gasteiger partial charge in [-0.05, 0) is 24.5 Å². The summed E-state index contributed by atoms with van der Waals surface area (Å²) in [6, 6.07) is 5.38. The first-order valence-electron chi connectivity index (χ1n) is 7.80. The van der Waals surface area contributed by atoms with Gasteiger partial charge in [-0.15, -0.1) is 0 Å². The zero-order valence-corrected chi connectivity index (χ0v) is 13.5. The van der Waals surface area contributed by atoms with Gasteiger partial charge < -0.3 is 26.6 Å². The molecule has 0 saturated carbocycles. The molecule has 0 aliphatic carbocycles. The lowest BCUT2D eigenvalue weighted by Gasteiger charge is -2.25. The number of carboxylic acid groups (broad SMARTS) is 1. The summed E-state index contributed by atoms with van der Waals surface area (Å²) in [5.41, 5.74) is 12.4. The molecular formula is C16H22N4O4. The van der Waals surface area contributed by atoms with Crippen LogP contribution in [0, 0.1) is 5.92 Å². The smallest absolute Gasteiger partial charge is 0.303 e. The Hall–Kier alpha value is -2.77. The third-order valence-electron chi connectivity index (χ3n) is 3.80. The molecule has 1 amide bonds. The number of amides is 1. The number of rotatable bonds is 7. The van der Waals surface area contributed by atoms with E-state index in [1.807, 2.05) is 13.0 Å². The number of benzene rings is 1. The van der Waals surface area contributed by atoms with E-state index in [1.54, 1.807) is 12.1 Å². The first-order valence-corrected chi connectivity index (χ1v) is 7.80. The van der Waals surface area contributed by atoms with Gasteiger partial charge in [0.15, 0.2) is 12.2 Å². The predicted molar refractivity (Wildman–Crippen MR) is 89.7 cm³/mol. The van der Waals surface area contributed by atoms with Crippen molar-refractivity contribution in [3.8, 4) is 5.75 Å². The molecule has 24 heavy (non-hydrogen) atoms. The zero-order chi connectivity index (χ0) is 17.7. The van der Waals surface area contributed by atoms with Crippen LogP contribution in [0.3, 0.4) is 0 Å². The number of fused-ring (bicyclic) bond motifs is 1. The number of aliphatic imine (C=N–C) groups is 1. The second kappa shape index (κ2) is 7.67. The normalized spacial score (nSPS) is 17.4. The average Bonchev–Trinajstić information content (AvgIpc) is 2.51. The number of nitrogens with zero attached hydrogens (tertiary/aromatic N) is 1. The largest absolute Gasteiger partial charge is 0.481 e. The van der Waals surface area contributed by atoms with Gasteiger partial charge in [0.05, 0.1) is 0 Å². The Morgan fingerprint density at radius 1 is 1.50 bits per heavy atom. The van der Waals surface area contributed by atoms with Crippen LogP contribution in [0.1, 0.15) is 31.7 Å². The number of carbonyl (C=O) groups is 2. The topological polar surface area (TPSA) is 140 Å². The molecule has 1 aromatic rings. The highest BCUT2D eigenvalue weighted by atomic mass is 16.5. The first-order chi connectivity index (χ1) is 11.4. The van der Waals surface area contributed by atoms with Crippen molar-refractivity contribution in [3.05, 3.63) is 23.8 Å². The summed E-state index contributed by atoms with van der Waals surface area (Å²) < 4.78 is 5.71. The Balaban J connectivity index is 2.09. The number of hydrogen-bond acceptors (Lipinski definition) is 4. The Kier molecular flexibility index (Phi) is 5.62. The Morgan fingerprint density at radius 3 is 2.88 bits per heavy atom. The minimum absolute atomic E-state index is 0.0225. The van der Waals surface area contributed by atoms with E-state index >= 15 is 0 Å². The van der Waals surface area contributed by atoms with Crippen molar-refractivity contribution >= 4 is 23.5 Å². The third kappa shape index (κ3) is 4.61. The quantitative estimate of drug-likeness (QED) is 0.434. The molecule has 8 heteroatoms. The fraction of sp³-hybridized carbons (Fsp3) is 0.438. The molecule has 0 aromatic heterocycles. The molecule has 2 atom stereocenters. The minimum Gasteiger partial charge on any atom is -0.481 e. The summed E-state index contributed by atoms with van der Waals surface area (Å²) in [5.74, 6) is -0.894. The van der Waals surface area contributed by atoms with Crippen molar-refractivity contribution in [3.63, 3.8) is 0 Å². The van der Waals surface area contributed by atoms with E-state index in [0.717, 1.165) is 5.56 Å². The number of ether oxygens (including phenoxy) is 1. The standard InChI is InChI=1S/C16H22N4O4/c1-2-13(20-16(17)18)24-11-5-3-9-7-10(4-6-14(21)22)15(23)19-12(9)8-11/h3,5,8,10,13H,2,4,6-7H2,1H3,(H,19,23)(H,21,22)(H4,17,18,20). The first kappa shape index (κ1) is 17.6. The summed E-state index contributed by atoms with van der Waals surface area (Å²) in [5, 5.41) is 11.6. The Labute approximate surface area is 139 Å². The van der Waals surface area contributed by atoms with Crippen molar-refractivity contribution in [1.82, 2.24) is 0 Å². The molecule has 0 saturated heterocycles. The minimum atomic E-state index is -0.900. The molecular weight excluding hydrogens is 312 g/mol. The maximum Gasteiger partial charge on any atom is 0.303 e. The van der Waals surface area contributed by atoms with E-state index in [0.29, 0.717) is 30.7 Å². The molecule has 1 heterocycles. The second-order valence-corrected chi connectivity index (χ2v) is 5.68. The highest BCUT2D eigenvalue weighted by molar-refractivity contribution is 5.96. The van der Waals surface area contributed by atoms with Gasteiger partial charge in [-0.2, -0.15) is 0 Å². The maximum atomic E-state index is 12.1. The number of anilines is 1. The Morgan fingerprint density at radius 2 is 2.25 bits per heavy atom. The van der Waals surface area contributed by atoms with Crippen LogP contribution in [0.4, 0.5) is 5.69 Å². The van der Waals surface area contributed by atoms with E-state index in [9.17, 15) is 9.59 Å². The number of nitrogens with one attached hydrogen (secondary N) is 1. The molecule has 8 nitrogen and oxygen atoms in total. The third-order valence-corrected chi connectivity index (χ3v) is 3.80. The predicted octanol–water partition coefficient (Wildman–Crippen LogP) is 1.05. The molecule has 1 aliphatic heterocycles. The molecule has 0 radical (unpaired) electrons. The molecule has 6 N–H and O–H groups in total. The zero-order valence-electron chi connectivity index (χ0n) is 13.5. The monoisotopic (exact) mass is 334 g/mol. The van der Waals surface area contributed by atoms with Crippen molar-refractivity contribution in [2.45, 2.75) is 38.8 Å². The van der Waals surface area contributed by atoms with E-state index in [4.69, 9.17) is 21.3 Å². The van der Waals surface area contributed by atoms with Crippen molar-refractivity contribution in [1.29, 1.82) is 0 Å². The molecule has 130 valence electrons. The lowest BCUT2D eigenvalue weighted by atomic mass is 9.89. The number of hydrogen-bond donors (Lipinski definition) is 4. The summed E-state index contributed by atoms with van der Waals surface area (Å²) in [6.45, 7) is 1.89. The van der Waals surface area contributed by atoms with Gasteiger partial charge in [0, 0.05) is 30.5 Å². The number of carbonyl (C=O) groups excluding carboxylic acids is 1. The highest BCUT2D eigenvalue weighted by Crippen LogP contribution is 2.31. The molecule has 1 aliphatic rings. The molecule has 2 unspecified atom stereocenters. The van der Waals surface area contributed by atoms with Crippen LogP contribution >= 0.6 is 0 Å². The lowest BCUT2D eigenvalue weighted by Crippen LogP contribution is -2.30. The van der Waals surface area contributed by atoms with E-state index in [2.05, 4.69) is 10.3 Å². The molecule has 0 spiro atoms. The summed E-state index contributed by atoms with van der Waals surface area (Å²) in [7, 11) is 0. The van der Waals surface area contributed by atoms with Crippen molar-refractivity contribution in [2.24, 2.45) is 22.4 Å². The fourth-order valence-electron chi connectivity index (χ4n) is 2.57. The van der Waals surface area contributed by atoms with E-state index in [-0.39, 0.29) is 24.2 Å². The van der Waals surface area contributed by atoms with Gasteiger partial charge in [-0.25, -0.2) is 4.99 Å². The highest BCUT2D eigenvalue weighted by Gasteiger charge is 2.27. The Bertz CT molecular complexity index is 655. The molecule has 0 fully saturated rings. The number of guanidine groups is 1. The van der Waals surface area contributed by atoms with Crippen LogP contribution in [0.15, 0.2) is 23.2 Å². The van der Waals surface area contributed by atoms with Crippen LogP contribution in [0.2, 0.25) is 0 Å². The fourth-order valence-corrected chi connectivity index (χ4v) is 2.57. The molecule has 0 bridgehead atoms. The van der Waals surface area contributed by atoms with Crippen LogP contribution in [-0.4, -0.2) is 29.2 Å². The van der Waals surface area contributed by atoms with Crippen molar-refractivity contribution in [2.75, 3.05) is 5.32 Å². The van der Waals surface area contributed by atoms with Gasteiger partial charge in [-0.1, -0.05) is 13.0 Å². The maximum absolute atomic E-state index is 12.1. The SMILES string of the molecule is CCC(N=C(N)N)Oc1ccc2c(c1)NC(=O)C(CCC(=O)O)C2. The molecule has 2 rings (SSSR count). The number of carboxylic acids is 1. The number of nitrogens with two attached hydrogens (primary N) is 2. The van der Waals surface area contributed by atoms with E-state index < -0.39 is 12.2 Å². The van der Waals surface area contributed by atoms with Gasteiger partial charge in [0.1, 0.15) is 5.75 Å². The van der Waals surface area contributed by atoms with Gasteiger partial charge in [0.2, 0.25) is 5.91 Å². The number of aliphatic carboxylic acids is 1. The van der Waals surface area contributed by atoms with Crippen molar-refractivity contribution < 1.29 is 19.4 Å². The van der Waals surface area contributed by atoms with Crippen LogP contribution in [-0.2, 0) is 16.0 Å². The van der Waals surface area contributed by atoms with Crippen LogP contribution < -0.4 is 21.5 Å². The summed E-state index contributed by atoms with van der Waals surface area (Å²) in [6.07, 6.45) is 0.918. The van der Waals surface area contributed by atoms with Gasteiger partial charge in [0.25, 0.3) is 0 Å². The average molecular weight is 334 g/mol. The van der Waals surface area contributed by atoms with Crippen LogP contribution in [0.25, 0.3) is 0 Å². The van der Waals surface area contributed by atoms with Crippen LogP contribution in [0.5, 0.6) is 5.75 Å². The van der Waals surface area contributed by atoms with Gasteiger partial charge >= 0.3 is 5.97 Å². The van der Waals surface area contributed by atoms with Gasteiger partial charge in [-0.3, -0.25) is 9.59 Å². The van der Waals surface area contributed by atoms with E-state index in [1.165, 1.54) is 0 Å².